The molecule has 0 unspecified atom stereocenters. The summed E-state index contributed by atoms with van der Waals surface area (Å²) in [6.45, 7) is 3.68. The molecule has 30 heavy (non-hydrogen) atoms. The van der Waals surface area contributed by atoms with Gasteiger partial charge in [0.05, 0.1) is 5.75 Å². The largest absolute Gasteiger partial charge is 0.478 e. The zero-order chi connectivity index (χ0) is 21.6. The van der Waals surface area contributed by atoms with E-state index < -0.39 is 5.60 Å². The number of nitrogens with one attached hydrogen (secondary N) is 1. The Morgan fingerprint density at radius 2 is 1.77 bits per heavy atom. The number of rotatable bonds is 8. The van der Waals surface area contributed by atoms with Gasteiger partial charge in [0, 0.05) is 25.5 Å². The summed E-state index contributed by atoms with van der Waals surface area (Å²) >= 11 is 0.975. The fourth-order valence-corrected chi connectivity index (χ4v) is 3.50. The molecule has 3 amide bonds. The molecule has 0 bridgehead atoms. The Labute approximate surface area is 179 Å². The Kier molecular flexibility index (Phi) is 6.89. The predicted octanol–water partition coefficient (Wildman–Crippen LogP) is 3.22. The Hall–Kier alpha value is -3.13. The lowest BCUT2D eigenvalue weighted by molar-refractivity contribution is -0.134. The first-order chi connectivity index (χ1) is 14.3. The number of ether oxygens (including phenoxy) is 1. The molecule has 1 N–H and O–H groups in total. The van der Waals surface area contributed by atoms with Crippen LogP contribution in [0.1, 0.15) is 25.0 Å². The van der Waals surface area contributed by atoms with Gasteiger partial charge in [0.15, 0.2) is 5.60 Å². The highest BCUT2D eigenvalue weighted by atomic mass is 32.2. The van der Waals surface area contributed by atoms with Crippen LogP contribution in [0.15, 0.2) is 48.8 Å². The second kappa shape index (κ2) is 9.58. The van der Waals surface area contributed by atoms with Crippen molar-refractivity contribution in [2.45, 2.75) is 19.4 Å². The third-order valence-corrected chi connectivity index (χ3v) is 5.29. The van der Waals surface area contributed by atoms with Gasteiger partial charge in [0.2, 0.25) is 5.91 Å². The predicted molar refractivity (Wildman–Crippen MR) is 117 cm³/mol. The zero-order valence-electron chi connectivity index (χ0n) is 16.8. The maximum atomic E-state index is 12.5. The summed E-state index contributed by atoms with van der Waals surface area (Å²) in [6, 6.07) is 11.3. The molecule has 156 valence electrons. The van der Waals surface area contributed by atoms with Crippen LogP contribution in [0.5, 0.6) is 5.75 Å². The number of hydrogen-bond acceptors (Lipinski definition) is 6. The minimum absolute atomic E-state index is 0.158. The average Bonchev–Trinajstić information content (AvgIpc) is 3.06. The SMILES string of the molecule is CC(C)(Oc1ccc(/C=C/c2ccncc2)cc1)C(=O)NCCN1C(=O)CSC1=O. The maximum Gasteiger partial charge on any atom is 0.288 e. The standard InChI is InChI=1S/C22H23N3O4S/c1-22(2,20(27)24-13-14-25-19(26)15-30-21(25)28)29-18-7-5-16(6-8-18)3-4-17-9-11-23-12-10-17/h3-12H,13-15H2,1-2H3,(H,24,27)/b4-3+. The average molecular weight is 426 g/mol. The lowest BCUT2D eigenvalue weighted by Crippen LogP contribution is -2.48. The van der Waals surface area contributed by atoms with Crippen molar-refractivity contribution in [2.75, 3.05) is 18.8 Å². The molecule has 1 aliphatic heterocycles. The van der Waals surface area contributed by atoms with E-state index in [0.717, 1.165) is 27.8 Å². The fraction of sp³-hybridized carbons (Fsp3) is 0.273. The molecule has 0 saturated carbocycles. The van der Waals surface area contributed by atoms with Crippen LogP contribution in [0.3, 0.4) is 0 Å². The first kappa shape index (κ1) is 21.6. The van der Waals surface area contributed by atoms with E-state index in [1.54, 1.807) is 38.4 Å². The highest BCUT2D eigenvalue weighted by molar-refractivity contribution is 8.14. The summed E-state index contributed by atoms with van der Waals surface area (Å²) in [5, 5.41) is 2.45. The summed E-state index contributed by atoms with van der Waals surface area (Å²) in [7, 11) is 0. The molecular formula is C22H23N3O4S. The van der Waals surface area contributed by atoms with E-state index in [1.807, 2.05) is 36.4 Å². The van der Waals surface area contributed by atoms with Crippen LogP contribution in [-0.4, -0.2) is 51.4 Å². The normalized spacial score (nSPS) is 14.4. The second-order valence-corrected chi connectivity index (χ2v) is 8.08. The number of benzene rings is 1. The van der Waals surface area contributed by atoms with Gasteiger partial charge in [-0.1, -0.05) is 36.0 Å². The fourth-order valence-electron chi connectivity index (χ4n) is 2.75. The first-order valence-electron chi connectivity index (χ1n) is 9.48. The molecule has 8 heteroatoms. The van der Waals surface area contributed by atoms with Gasteiger partial charge in [-0.3, -0.25) is 24.3 Å². The van der Waals surface area contributed by atoms with Crippen LogP contribution < -0.4 is 10.1 Å². The quantitative estimate of drug-likeness (QED) is 0.699. The first-order valence-corrected chi connectivity index (χ1v) is 10.5. The number of aromatic nitrogens is 1. The lowest BCUT2D eigenvalue weighted by Gasteiger charge is -2.25. The van der Waals surface area contributed by atoms with Gasteiger partial charge in [0.1, 0.15) is 5.75 Å². The van der Waals surface area contributed by atoms with E-state index in [0.29, 0.717) is 5.75 Å². The number of imide groups is 1. The van der Waals surface area contributed by atoms with Crippen molar-refractivity contribution in [1.29, 1.82) is 0 Å². The number of thioether (sulfide) groups is 1. The molecule has 1 aromatic carbocycles. The number of carbonyl (C=O) groups is 3. The molecule has 0 radical (unpaired) electrons. The summed E-state index contributed by atoms with van der Waals surface area (Å²) in [6.07, 6.45) is 7.45. The Morgan fingerprint density at radius 1 is 1.13 bits per heavy atom. The molecule has 1 fully saturated rings. The van der Waals surface area contributed by atoms with Crippen molar-refractivity contribution in [1.82, 2.24) is 15.2 Å². The Morgan fingerprint density at radius 3 is 2.37 bits per heavy atom. The van der Waals surface area contributed by atoms with Gasteiger partial charge in [-0.05, 0) is 49.2 Å². The highest BCUT2D eigenvalue weighted by Crippen LogP contribution is 2.21. The summed E-state index contributed by atoms with van der Waals surface area (Å²) in [4.78, 5) is 40.8. The minimum atomic E-state index is -1.11. The number of nitrogens with zero attached hydrogens (tertiary/aromatic N) is 2. The number of pyridine rings is 1. The molecule has 1 saturated heterocycles. The van der Waals surface area contributed by atoms with E-state index in [2.05, 4.69) is 10.3 Å². The Balaban J connectivity index is 1.51. The molecular weight excluding hydrogens is 402 g/mol. The smallest absolute Gasteiger partial charge is 0.288 e. The van der Waals surface area contributed by atoms with Gasteiger partial charge < -0.3 is 10.1 Å². The van der Waals surface area contributed by atoms with Crippen molar-refractivity contribution in [2.24, 2.45) is 0 Å². The van der Waals surface area contributed by atoms with E-state index in [9.17, 15) is 14.4 Å². The van der Waals surface area contributed by atoms with Crippen LogP contribution in [-0.2, 0) is 9.59 Å². The van der Waals surface area contributed by atoms with E-state index >= 15 is 0 Å². The summed E-state index contributed by atoms with van der Waals surface area (Å²) in [5.41, 5.74) is 0.945. The molecule has 0 aliphatic carbocycles. The number of carbonyl (C=O) groups excluding carboxylic acids is 3. The van der Waals surface area contributed by atoms with Crippen molar-refractivity contribution in [3.05, 3.63) is 59.9 Å². The lowest BCUT2D eigenvalue weighted by atomic mass is 10.1. The molecule has 1 aromatic heterocycles. The molecule has 0 spiro atoms. The van der Waals surface area contributed by atoms with Crippen LogP contribution in [0.4, 0.5) is 4.79 Å². The number of amides is 3. The minimum Gasteiger partial charge on any atom is -0.478 e. The van der Waals surface area contributed by atoms with Gasteiger partial charge in [-0.2, -0.15) is 0 Å². The van der Waals surface area contributed by atoms with Gasteiger partial charge >= 0.3 is 0 Å². The maximum absolute atomic E-state index is 12.5. The molecule has 3 rings (SSSR count). The zero-order valence-corrected chi connectivity index (χ0v) is 17.6. The van der Waals surface area contributed by atoms with E-state index in [-0.39, 0.29) is 35.9 Å². The molecule has 7 nitrogen and oxygen atoms in total. The van der Waals surface area contributed by atoms with Crippen LogP contribution in [0.2, 0.25) is 0 Å². The molecule has 2 heterocycles. The summed E-state index contributed by atoms with van der Waals surface area (Å²) in [5.74, 6) is 0.177. The summed E-state index contributed by atoms with van der Waals surface area (Å²) < 4.78 is 5.85. The van der Waals surface area contributed by atoms with Crippen molar-refractivity contribution in [3.8, 4) is 5.75 Å². The van der Waals surface area contributed by atoms with Crippen molar-refractivity contribution in [3.63, 3.8) is 0 Å². The second-order valence-electron chi connectivity index (χ2n) is 7.15. The highest BCUT2D eigenvalue weighted by Gasteiger charge is 2.32. The van der Waals surface area contributed by atoms with E-state index in [4.69, 9.17) is 4.74 Å². The molecule has 0 atom stereocenters. The third kappa shape index (κ3) is 5.70. The van der Waals surface area contributed by atoms with Crippen LogP contribution >= 0.6 is 11.8 Å². The van der Waals surface area contributed by atoms with Crippen LogP contribution in [0.25, 0.3) is 12.2 Å². The van der Waals surface area contributed by atoms with Gasteiger partial charge in [-0.15, -0.1) is 0 Å². The topological polar surface area (TPSA) is 88.6 Å². The van der Waals surface area contributed by atoms with Gasteiger partial charge in [-0.25, -0.2) is 0 Å². The van der Waals surface area contributed by atoms with Crippen LogP contribution in [0, 0.1) is 0 Å². The molecule has 2 aromatic rings. The van der Waals surface area contributed by atoms with E-state index in [1.165, 1.54) is 0 Å². The van der Waals surface area contributed by atoms with Gasteiger partial charge in [0.25, 0.3) is 11.1 Å². The van der Waals surface area contributed by atoms with Crippen molar-refractivity contribution >= 4 is 41.0 Å². The number of hydrogen-bond donors (Lipinski definition) is 1. The van der Waals surface area contributed by atoms with Crippen molar-refractivity contribution < 1.29 is 19.1 Å². The monoisotopic (exact) mass is 425 g/mol. The molecule has 1 aliphatic rings. The third-order valence-electron chi connectivity index (χ3n) is 4.44. The Bertz CT molecular complexity index is 927.